The van der Waals surface area contributed by atoms with Crippen LogP contribution in [0.5, 0.6) is 5.75 Å². The number of anilines is 1. The number of rotatable bonds is 13. The summed E-state index contributed by atoms with van der Waals surface area (Å²) in [5.41, 5.74) is 2.39. The highest BCUT2D eigenvalue weighted by Gasteiger charge is 2.31. The van der Waals surface area contributed by atoms with Gasteiger partial charge < -0.3 is 15.0 Å². The monoisotopic (exact) mass is 591 g/mol. The van der Waals surface area contributed by atoms with Gasteiger partial charge in [0.1, 0.15) is 24.9 Å². The molecule has 3 aromatic rings. The molecule has 0 heterocycles. The number of ether oxygens (including phenoxy) is 1. The molecular formula is C33H41N3O5S. The predicted molar refractivity (Wildman–Crippen MR) is 166 cm³/mol. The standard InChI is InChI=1S/C33H41N3O5S/c1-26(33(38)34-29-16-10-5-11-17-29)35(23-22-27-12-6-3-7-13-27)32(37)24-36(42(2,39)40)30-18-20-31(21-19-30)41-25-28-14-8-4-9-15-28/h3-4,6-9,12-15,18-21,26,29H,5,10-11,16-17,22-25H2,1-2H3,(H,34,38). The number of carbonyl (C=O) groups excluding carboxylic acids is 2. The average Bonchev–Trinajstić information content (AvgIpc) is 3.00. The van der Waals surface area contributed by atoms with Gasteiger partial charge in [0.15, 0.2) is 0 Å². The lowest BCUT2D eigenvalue weighted by atomic mass is 9.95. The van der Waals surface area contributed by atoms with Gasteiger partial charge in [0.2, 0.25) is 21.8 Å². The Labute approximate surface area is 249 Å². The number of carbonyl (C=O) groups is 2. The molecule has 2 amide bonds. The molecule has 1 N–H and O–H groups in total. The highest BCUT2D eigenvalue weighted by molar-refractivity contribution is 7.92. The fourth-order valence-corrected chi connectivity index (χ4v) is 6.05. The van der Waals surface area contributed by atoms with Crippen LogP contribution < -0.4 is 14.4 Å². The molecule has 8 nitrogen and oxygen atoms in total. The molecule has 0 aromatic heterocycles. The molecule has 1 unspecified atom stereocenters. The number of sulfonamides is 1. The Morgan fingerprint density at radius 2 is 1.48 bits per heavy atom. The molecule has 1 aliphatic carbocycles. The molecule has 0 radical (unpaired) electrons. The second-order valence-corrected chi connectivity index (χ2v) is 12.8. The average molecular weight is 592 g/mol. The molecule has 1 fully saturated rings. The first-order valence-corrected chi connectivity index (χ1v) is 16.4. The quantitative estimate of drug-likeness (QED) is 0.304. The number of hydrogen-bond donors (Lipinski definition) is 1. The molecule has 224 valence electrons. The Balaban J connectivity index is 1.48. The van der Waals surface area contributed by atoms with E-state index in [0.29, 0.717) is 24.5 Å². The van der Waals surface area contributed by atoms with Crippen molar-refractivity contribution >= 4 is 27.5 Å². The largest absolute Gasteiger partial charge is 0.489 e. The summed E-state index contributed by atoms with van der Waals surface area (Å²) in [4.78, 5) is 28.5. The number of hydrogen-bond acceptors (Lipinski definition) is 5. The van der Waals surface area contributed by atoms with Crippen LogP contribution >= 0.6 is 0 Å². The third kappa shape index (κ3) is 9.08. The lowest BCUT2D eigenvalue weighted by molar-refractivity contribution is -0.139. The first-order chi connectivity index (χ1) is 20.2. The molecule has 0 saturated heterocycles. The van der Waals surface area contributed by atoms with E-state index in [0.717, 1.165) is 47.4 Å². The molecule has 0 bridgehead atoms. The zero-order valence-corrected chi connectivity index (χ0v) is 25.3. The fraction of sp³-hybridized carbons (Fsp3) is 0.394. The van der Waals surface area contributed by atoms with E-state index in [2.05, 4.69) is 5.32 Å². The summed E-state index contributed by atoms with van der Waals surface area (Å²) in [5.74, 6) is -0.0685. The van der Waals surface area contributed by atoms with E-state index in [-0.39, 0.29) is 18.5 Å². The van der Waals surface area contributed by atoms with Crippen molar-refractivity contribution < 1.29 is 22.7 Å². The normalized spacial score (nSPS) is 14.5. The van der Waals surface area contributed by atoms with Crippen LogP contribution in [-0.2, 0) is 32.6 Å². The molecule has 1 saturated carbocycles. The van der Waals surface area contributed by atoms with Gasteiger partial charge in [0, 0.05) is 12.6 Å². The van der Waals surface area contributed by atoms with E-state index in [1.807, 2.05) is 60.7 Å². The van der Waals surface area contributed by atoms with Crippen LogP contribution in [0.1, 0.15) is 50.2 Å². The van der Waals surface area contributed by atoms with Crippen molar-refractivity contribution in [2.24, 2.45) is 0 Å². The SMILES string of the molecule is CC(C(=O)NC1CCCCC1)N(CCc1ccccc1)C(=O)CN(c1ccc(OCc2ccccc2)cc1)S(C)(=O)=O. The van der Waals surface area contributed by atoms with Gasteiger partial charge >= 0.3 is 0 Å². The molecular weight excluding hydrogens is 550 g/mol. The first-order valence-electron chi connectivity index (χ1n) is 14.6. The topological polar surface area (TPSA) is 96.0 Å². The molecule has 1 atom stereocenters. The zero-order valence-electron chi connectivity index (χ0n) is 24.4. The Hall–Kier alpha value is -3.85. The Kier molecular flexibility index (Phi) is 11.0. The van der Waals surface area contributed by atoms with Gasteiger partial charge in [-0.3, -0.25) is 13.9 Å². The van der Waals surface area contributed by atoms with Crippen molar-refractivity contribution in [3.8, 4) is 5.75 Å². The number of nitrogens with zero attached hydrogens (tertiary/aromatic N) is 2. The maximum atomic E-state index is 13.8. The van der Waals surface area contributed by atoms with Crippen molar-refractivity contribution in [1.82, 2.24) is 10.2 Å². The predicted octanol–water partition coefficient (Wildman–Crippen LogP) is 4.94. The van der Waals surface area contributed by atoms with Crippen molar-refractivity contribution in [2.75, 3.05) is 23.7 Å². The van der Waals surface area contributed by atoms with Crippen LogP contribution in [0.3, 0.4) is 0 Å². The summed E-state index contributed by atoms with van der Waals surface area (Å²) in [7, 11) is -3.81. The van der Waals surface area contributed by atoms with Crippen LogP contribution in [0, 0.1) is 0 Å². The Bertz CT molecular complexity index is 1390. The van der Waals surface area contributed by atoms with Crippen LogP contribution in [-0.4, -0.2) is 56.6 Å². The minimum Gasteiger partial charge on any atom is -0.489 e. The molecule has 3 aromatic carbocycles. The Morgan fingerprint density at radius 3 is 2.07 bits per heavy atom. The number of amides is 2. The van der Waals surface area contributed by atoms with Crippen LogP contribution in [0.15, 0.2) is 84.9 Å². The maximum absolute atomic E-state index is 13.8. The third-order valence-corrected chi connectivity index (χ3v) is 8.80. The van der Waals surface area contributed by atoms with Gasteiger partial charge in [-0.05, 0) is 61.6 Å². The van der Waals surface area contributed by atoms with Gasteiger partial charge in [0.05, 0.1) is 11.9 Å². The van der Waals surface area contributed by atoms with Gasteiger partial charge in [-0.2, -0.15) is 0 Å². The van der Waals surface area contributed by atoms with Gasteiger partial charge in [-0.25, -0.2) is 8.42 Å². The van der Waals surface area contributed by atoms with Crippen LogP contribution in [0.4, 0.5) is 5.69 Å². The van der Waals surface area contributed by atoms with E-state index in [1.165, 1.54) is 11.3 Å². The van der Waals surface area contributed by atoms with Gasteiger partial charge in [0.25, 0.3) is 0 Å². The number of benzene rings is 3. The van der Waals surface area contributed by atoms with E-state index >= 15 is 0 Å². The van der Waals surface area contributed by atoms with Crippen molar-refractivity contribution in [1.29, 1.82) is 0 Å². The third-order valence-electron chi connectivity index (χ3n) is 7.66. The molecule has 4 rings (SSSR count). The summed E-state index contributed by atoms with van der Waals surface area (Å²) < 4.78 is 32.7. The Morgan fingerprint density at radius 1 is 0.881 bits per heavy atom. The molecule has 0 spiro atoms. The molecule has 9 heteroatoms. The number of nitrogens with one attached hydrogen (secondary N) is 1. The molecule has 1 aliphatic rings. The smallest absolute Gasteiger partial charge is 0.244 e. The van der Waals surface area contributed by atoms with Crippen molar-refractivity contribution in [3.63, 3.8) is 0 Å². The fourth-order valence-electron chi connectivity index (χ4n) is 5.20. The highest BCUT2D eigenvalue weighted by atomic mass is 32.2. The zero-order chi connectivity index (χ0) is 30.0. The van der Waals surface area contributed by atoms with E-state index in [1.54, 1.807) is 31.2 Å². The second-order valence-electron chi connectivity index (χ2n) is 10.9. The maximum Gasteiger partial charge on any atom is 0.244 e. The van der Waals surface area contributed by atoms with Gasteiger partial charge in [-0.15, -0.1) is 0 Å². The van der Waals surface area contributed by atoms with Crippen molar-refractivity contribution in [3.05, 3.63) is 96.1 Å². The lowest BCUT2D eigenvalue weighted by Crippen LogP contribution is -2.53. The minimum absolute atomic E-state index is 0.106. The summed E-state index contributed by atoms with van der Waals surface area (Å²) in [6.07, 6.45) is 6.82. The van der Waals surface area contributed by atoms with E-state index < -0.39 is 28.5 Å². The van der Waals surface area contributed by atoms with Crippen molar-refractivity contribution in [2.45, 2.75) is 64.1 Å². The summed E-state index contributed by atoms with van der Waals surface area (Å²) >= 11 is 0. The minimum atomic E-state index is -3.81. The van der Waals surface area contributed by atoms with Crippen LogP contribution in [0.2, 0.25) is 0 Å². The van der Waals surface area contributed by atoms with Gasteiger partial charge in [-0.1, -0.05) is 79.9 Å². The summed E-state index contributed by atoms with van der Waals surface area (Å²) in [6.45, 7) is 1.96. The van der Waals surface area contributed by atoms with E-state index in [4.69, 9.17) is 4.74 Å². The highest BCUT2D eigenvalue weighted by Crippen LogP contribution is 2.23. The second kappa shape index (κ2) is 14.9. The molecule has 0 aliphatic heterocycles. The summed E-state index contributed by atoms with van der Waals surface area (Å²) in [5, 5.41) is 3.12. The first kappa shape index (κ1) is 31.1. The lowest BCUT2D eigenvalue weighted by Gasteiger charge is -2.33. The van der Waals surface area contributed by atoms with Crippen LogP contribution in [0.25, 0.3) is 0 Å². The summed E-state index contributed by atoms with van der Waals surface area (Å²) in [6, 6.07) is 25.5. The van der Waals surface area contributed by atoms with E-state index in [9.17, 15) is 18.0 Å². The molecule has 42 heavy (non-hydrogen) atoms.